The van der Waals surface area contributed by atoms with Crippen LogP contribution in [0.25, 0.3) is 10.8 Å². The summed E-state index contributed by atoms with van der Waals surface area (Å²) in [5.74, 6) is -0.0467. The van der Waals surface area contributed by atoms with Crippen LogP contribution in [0.2, 0.25) is 0 Å². The number of carbonyl (C=O) groups is 1. The molecule has 6 heteroatoms. The zero-order valence-electron chi connectivity index (χ0n) is 14.8. The Morgan fingerprint density at radius 3 is 2.44 bits per heavy atom. The second kappa shape index (κ2) is 6.26. The molecule has 0 radical (unpaired) electrons. The summed E-state index contributed by atoms with van der Waals surface area (Å²) in [6, 6.07) is 7.95. The number of rotatable bonds is 2. The molecule has 3 heterocycles. The molecular formula is C19H24N4O2. The van der Waals surface area contributed by atoms with Crippen molar-refractivity contribution in [2.45, 2.75) is 37.8 Å². The third-order valence-corrected chi connectivity index (χ3v) is 5.74. The van der Waals surface area contributed by atoms with Gasteiger partial charge in [0, 0.05) is 31.1 Å². The van der Waals surface area contributed by atoms with Crippen molar-refractivity contribution in [1.82, 2.24) is 19.6 Å². The van der Waals surface area contributed by atoms with E-state index in [1.165, 1.54) is 11.1 Å². The van der Waals surface area contributed by atoms with Crippen LogP contribution in [-0.2, 0) is 7.05 Å². The van der Waals surface area contributed by atoms with Gasteiger partial charge >= 0.3 is 0 Å². The van der Waals surface area contributed by atoms with E-state index >= 15 is 0 Å². The van der Waals surface area contributed by atoms with Crippen LogP contribution in [-0.4, -0.2) is 57.7 Å². The average Bonchev–Trinajstić information content (AvgIpc) is 3.26. The molecular weight excluding hydrogens is 316 g/mol. The number of hydrogen-bond donors (Lipinski definition) is 0. The fourth-order valence-electron chi connectivity index (χ4n) is 4.46. The number of aryl methyl sites for hydroxylation is 1. The molecule has 6 nitrogen and oxygen atoms in total. The number of likely N-dealkylation sites (N-methyl/N-ethyl adjacent to an activating group) is 1. The van der Waals surface area contributed by atoms with Crippen LogP contribution in [0.4, 0.5) is 0 Å². The van der Waals surface area contributed by atoms with Crippen molar-refractivity contribution in [3.63, 3.8) is 0 Å². The van der Waals surface area contributed by atoms with Gasteiger partial charge in [0.15, 0.2) is 5.69 Å². The molecule has 0 aliphatic carbocycles. The topological polar surface area (TPSA) is 58.4 Å². The molecule has 2 atom stereocenters. The fraction of sp³-hybridized carbons (Fsp3) is 0.526. The molecule has 2 aromatic rings. The van der Waals surface area contributed by atoms with Gasteiger partial charge in [0.25, 0.3) is 11.5 Å². The Kier molecular flexibility index (Phi) is 4.07. The molecule has 0 saturated carbocycles. The van der Waals surface area contributed by atoms with Crippen LogP contribution in [0, 0.1) is 0 Å². The Bertz CT molecular complexity index is 875. The van der Waals surface area contributed by atoms with Crippen LogP contribution in [0.1, 0.15) is 36.2 Å². The van der Waals surface area contributed by atoms with Gasteiger partial charge in [-0.2, -0.15) is 5.10 Å². The van der Waals surface area contributed by atoms with Crippen molar-refractivity contribution in [3.05, 3.63) is 40.3 Å². The van der Waals surface area contributed by atoms with Gasteiger partial charge < -0.3 is 9.80 Å². The van der Waals surface area contributed by atoms with Crippen LogP contribution < -0.4 is 5.56 Å². The first-order chi connectivity index (χ1) is 12.1. The lowest BCUT2D eigenvalue weighted by atomic mass is 10.0. The summed E-state index contributed by atoms with van der Waals surface area (Å²) in [6.45, 7) is 1.87. The van der Waals surface area contributed by atoms with Gasteiger partial charge in [-0.05, 0) is 45.3 Å². The predicted octanol–water partition coefficient (Wildman–Crippen LogP) is 1.63. The van der Waals surface area contributed by atoms with E-state index in [0.717, 1.165) is 32.4 Å². The molecule has 0 unspecified atom stereocenters. The lowest BCUT2D eigenvalue weighted by Gasteiger charge is -2.33. The van der Waals surface area contributed by atoms with Gasteiger partial charge in [-0.1, -0.05) is 18.2 Å². The summed E-state index contributed by atoms with van der Waals surface area (Å²) in [4.78, 5) is 30.0. The number of amides is 1. The lowest BCUT2D eigenvalue weighted by molar-refractivity contribution is 0.0658. The number of hydrogen-bond acceptors (Lipinski definition) is 4. The second-order valence-electron chi connectivity index (χ2n) is 7.22. The molecule has 2 fully saturated rings. The van der Waals surface area contributed by atoms with Gasteiger partial charge in [0.1, 0.15) is 0 Å². The predicted molar refractivity (Wildman–Crippen MR) is 96.7 cm³/mol. The highest BCUT2D eigenvalue weighted by molar-refractivity contribution is 6.05. The lowest BCUT2D eigenvalue weighted by Crippen LogP contribution is -2.47. The summed E-state index contributed by atoms with van der Waals surface area (Å²) in [6.07, 6.45) is 4.42. The summed E-state index contributed by atoms with van der Waals surface area (Å²) in [5.41, 5.74) is 0.228. The van der Waals surface area contributed by atoms with Crippen molar-refractivity contribution in [1.29, 1.82) is 0 Å². The normalized spacial score (nSPS) is 24.3. The summed E-state index contributed by atoms with van der Waals surface area (Å²) >= 11 is 0. The van der Waals surface area contributed by atoms with Gasteiger partial charge in [-0.25, -0.2) is 4.68 Å². The first kappa shape index (κ1) is 16.3. The average molecular weight is 340 g/mol. The maximum Gasteiger partial charge on any atom is 0.275 e. The molecule has 0 spiro atoms. The number of fused-ring (bicyclic) bond motifs is 1. The van der Waals surface area contributed by atoms with E-state index in [-0.39, 0.29) is 17.5 Å². The molecule has 132 valence electrons. The first-order valence-corrected chi connectivity index (χ1v) is 9.05. The standard InChI is InChI=1S/C19H24N4O2/c1-21-11-5-9-15(21)16-10-6-12-23(16)19(25)17-13-7-3-4-8-14(13)18(24)22(2)20-17/h3-4,7-8,15-16H,5-6,9-12H2,1-2H3/t15-,16+/m1/s1. The number of aromatic nitrogens is 2. The molecule has 25 heavy (non-hydrogen) atoms. The molecule has 1 aromatic heterocycles. The van der Waals surface area contributed by atoms with Crippen molar-refractivity contribution in [3.8, 4) is 0 Å². The number of likely N-dealkylation sites (tertiary alicyclic amines) is 2. The zero-order chi connectivity index (χ0) is 17.6. The Morgan fingerprint density at radius 2 is 1.72 bits per heavy atom. The Balaban J connectivity index is 1.75. The molecule has 1 aromatic carbocycles. The Labute approximate surface area is 147 Å². The maximum absolute atomic E-state index is 13.3. The first-order valence-electron chi connectivity index (χ1n) is 9.05. The molecule has 2 saturated heterocycles. The minimum Gasteiger partial charge on any atom is -0.333 e. The van der Waals surface area contributed by atoms with E-state index in [0.29, 0.717) is 22.5 Å². The molecule has 4 rings (SSSR count). The molecule has 0 bridgehead atoms. The van der Waals surface area contributed by atoms with Crippen molar-refractivity contribution in [2.24, 2.45) is 7.05 Å². The van der Waals surface area contributed by atoms with Crippen LogP contribution in [0.5, 0.6) is 0 Å². The number of benzene rings is 1. The van der Waals surface area contributed by atoms with Crippen LogP contribution in [0.3, 0.4) is 0 Å². The van der Waals surface area contributed by atoms with Gasteiger partial charge in [-0.3, -0.25) is 9.59 Å². The monoisotopic (exact) mass is 340 g/mol. The molecule has 0 N–H and O–H groups in total. The van der Waals surface area contributed by atoms with Gasteiger partial charge in [-0.15, -0.1) is 0 Å². The Hall–Kier alpha value is -2.21. The van der Waals surface area contributed by atoms with Gasteiger partial charge in [0.05, 0.1) is 5.39 Å². The smallest absolute Gasteiger partial charge is 0.275 e. The zero-order valence-corrected chi connectivity index (χ0v) is 14.8. The van der Waals surface area contributed by atoms with Crippen LogP contribution >= 0.6 is 0 Å². The number of nitrogens with zero attached hydrogens (tertiary/aromatic N) is 4. The summed E-state index contributed by atoms with van der Waals surface area (Å²) < 4.78 is 1.28. The summed E-state index contributed by atoms with van der Waals surface area (Å²) in [5, 5.41) is 5.53. The largest absolute Gasteiger partial charge is 0.333 e. The van der Waals surface area contributed by atoms with Crippen molar-refractivity contribution >= 4 is 16.7 Å². The third-order valence-electron chi connectivity index (χ3n) is 5.74. The highest BCUT2D eigenvalue weighted by Crippen LogP contribution is 2.30. The van der Waals surface area contributed by atoms with E-state index < -0.39 is 0 Å². The van der Waals surface area contributed by atoms with Crippen molar-refractivity contribution < 1.29 is 4.79 Å². The maximum atomic E-state index is 13.3. The molecule has 1 amide bonds. The minimum atomic E-state index is -0.166. The highest BCUT2D eigenvalue weighted by Gasteiger charge is 2.39. The highest BCUT2D eigenvalue weighted by atomic mass is 16.2. The Morgan fingerprint density at radius 1 is 1.04 bits per heavy atom. The minimum absolute atomic E-state index is 0.0467. The third kappa shape index (κ3) is 2.65. The molecule has 2 aliphatic rings. The van der Waals surface area contributed by atoms with Crippen molar-refractivity contribution in [2.75, 3.05) is 20.1 Å². The van der Waals surface area contributed by atoms with E-state index in [1.807, 2.05) is 23.1 Å². The van der Waals surface area contributed by atoms with E-state index in [4.69, 9.17) is 0 Å². The van der Waals surface area contributed by atoms with E-state index in [9.17, 15) is 9.59 Å². The van der Waals surface area contributed by atoms with E-state index in [1.54, 1.807) is 13.1 Å². The van der Waals surface area contributed by atoms with Crippen LogP contribution in [0.15, 0.2) is 29.1 Å². The van der Waals surface area contributed by atoms with Gasteiger partial charge in [0.2, 0.25) is 0 Å². The van der Waals surface area contributed by atoms with E-state index in [2.05, 4.69) is 17.0 Å². The second-order valence-corrected chi connectivity index (χ2v) is 7.22. The number of carbonyl (C=O) groups excluding carboxylic acids is 1. The quantitative estimate of drug-likeness (QED) is 0.834. The summed E-state index contributed by atoms with van der Waals surface area (Å²) in [7, 11) is 3.76. The fourth-order valence-corrected chi connectivity index (χ4v) is 4.46. The SMILES string of the molecule is CN1CCC[C@@H]1[C@@H]1CCCN1C(=O)c1nn(C)c(=O)c2ccccc12. The molecule has 2 aliphatic heterocycles.